The molecule has 2 unspecified atom stereocenters. The van der Waals surface area contributed by atoms with E-state index in [1.54, 1.807) is 0 Å². The Hall–Kier alpha value is -2.89. The average Bonchev–Trinajstić information content (AvgIpc) is 3.14. The molecule has 0 spiro atoms. The van der Waals surface area contributed by atoms with Crippen molar-refractivity contribution in [3.63, 3.8) is 0 Å². The minimum Gasteiger partial charge on any atom is -0.359 e. The van der Waals surface area contributed by atoms with Crippen LogP contribution in [0.25, 0.3) is 0 Å². The molecule has 4 rings (SSSR count). The second kappa shape index (κ2) is 8.46. The third-order valence-corrected chi connectivity index (χ3v) is 6.34. The molecule has 0 bridgehead atoms. The van der Waals surface area contributed by atoms with Crippen molar-refractivity contribution in [2.75, 3.05) is 36.0 Å². The molecule has 2 atom stereocenters. The molecule has 0 aliphatic carbocycles. The van der Waals surface area contributed by atoms with Crippen LogP contribution >= 0.6 is 0 Å². The van der Waals surface area contributed by atoms with Gasteiger partial charge < -0.3 is 19.5 Å². The monoisotopic (exact) mass is 406 g/mol. The number of aryl methyl sites for hydroxylation is 2. The molecule has 158 valence electrons. The van der Waals surface area contributed by atoms with E-state index in [9.17, 15) is 9.59 Å². The number of carbonyl (C=O) groups is 2. The van der Waals surface area contributed by atoms with Gasteiger partial charge in [-0.2, -0.15) is 0 Å². The van der Waals surface area contributed by atoms with Crippen molar-refractivity contribution in [3.8, 4) is 0 Å². The molecule has 2 aliphatic heterocycles. The largest absolute Gasteiger partial charge is 0.359 e. The molecule has 0 radical (unpaired) electrons. The van der Waals surface area contributed by atoms with Gasteiger partial charge >= 0.3 is 0 Å². The van der Waals surface area contributed by atoms with Gasteiger partial charge in [-0.05, 0) is 69.0 Å². The molecule has 2 fully saturated rings. The van der Waals surface area contributed by atoms with Crippen LogP contribution in [0.3, 0.4) is 0 Å². The number of hydrogen-bond donors (Lipinski definition) is 0. The number of carbonyl (C=O) groups excluding carboxylic acids is 2. The van der Waals surface area contributed by atoms with Crippen LogP contribution in [0.5, 0.6) is 0 Å². The molecule has 1 aromatic carbocycles. The molecule has 30 heavy (non-hydrogen) atoms. The fourth-order valence-corrected chi connectivity index (χ4v) is 4.72. The van der Waals surface area contributed by atoms with E-state index >= 15 is 0 Å². The lowest BCUT2D eigenvalue weighted by atomic mass is 10.1. The molecule has 2 saturated heterocycles. The van der Waals surface area contributed by atoms with E-state index in [0.717, 1.165) is 49.3 Å². The van der Waals surface area contributed by atoms with Crippen LogP contribution in [0.2, 0.25) is 0 Å². The zero-order valence-electron chi connectivity index (χ0n) is 18.0. The molecule has 1 amide bonds. The smallest absolute Gasteiger partial charge is 0.253 e. The highest BCUT2D eigenvalue weighted by atomic mass is 16.2. The number of benzene rings is 1. The summed E-state index contributed by atoms with van der Waals surface area (Å²) in [6.07, 6.45) is 4.85. The molecule has 2 aliphatic rings. The number of nitrogens with zero attached hydrogens (tertiary/aromatic N) is 4. The molecule has 2 aromatic rings. The minimum absolute atomic E-state index is 0.0616. The first kappa shape index (κ1) is 20.4. The van der Waals surface area contributed by atoms with Crippen LogP contribution in [0.4, 0.5) is 11.5 Å². The topological polar surface area (TPSA) is 56.8 Å². The van der Waals surface area contributed by atoms with Gasteiger partial charge in [-0.3, -0.25) is 4.79 Å². The first-order valence-corrected chi connectivity index (χ1v) is 10.8. The van der Waals surface area contributed by atoms with Gasteiger partial charge in [0.1, 0.15) is 12.1 Å². The lowest BCUT2D eigenvalue weighted by molar-refractivity contribution is -0.108. The lowest BCUT2D eigenvalue weighted by Crippen LogP contribution is -2.49. The van der Waals surface area contributed by atoms with E-state index in [4.69, 9.17) is 0 Å². The number of aldehydes is 1. The van der Waals surface area contributed by atoms with Gasteiger partial charge in [0.25, 0.3) is 5.91 Å². The van der Waals surface area contributed by atoms with Gasteiger partial charge in [-0.1, -0.05) is 6.07 Å². The molecule has 0 saturated carbocycles. The lowest BCUT2D eigenvalue weighted by Gasteiger charge is -2.36. The second-order valence-electron chi connectivity index (χ2n) is 8.52. The van der Waals surface area contributed by atoms with Crippen molar-refractivity contribution in [2.45, 2.75) is 45.7 Å². The average molecular weight is 407 g/mol. The number of rotatable bonds is 4. The van der Waals surface area contributed by atoms with E-state index in [1.165, 1.54) is 5.56 Å². The van der Waals surface area contributed by atoms with Crippen LogP contribution in [0.15, 0.2) is 36.5 Å². The Balaban J connectivity index is 1.40. The Morgan fingerprint density at radius 1 is 1.07 bits per heavy atom. The number of anilines is 2. The van der Waals surface area contributed by atoms with Crippen LogP contribution in [0.1, 0.15) is 41.3 Å². The quantitative estimate of drug-likeness (QED) is 0.730. The normalized spacial score (nSPS) is 21.8. The van der Waals surface area contributed by atoms with Crippen molar-refractivity contribution in [3.05, 3.63) is 53.2 Å². The van der Waals surface area contributed by atoms with E-state index in [1.807, 2.05) is 35.4 Å². The summed E-state index contributed by atoms with van der Waals surface area (Å²) >= 11 is 0. The van der Waals surface area contributed by atoms with Crippen molar-refractivity contribution >= 4 is 23.7 Å². The second-order valence-corrected chi connectivity index (χ2v) is 8.52. The fraction of sp³-hybridized carbons (Fsp3) is 0.458. The van der Waals surface area contributed by atoms with Gasteiger partial charge in [-0.15, -0.1) is 0 Å². The maximum atomic E-state index is 13.0. The first-order valence-electron chi connectivity index (χ1n) is 10.8. The standard InChI is InChI=1S/C24H30N4O2/c1-17-14-18(2)23(25-15-17)26-10-12-27(13-11-26)24(30)20-5-8-21(9-6-20)28-19(3)4-7-22(28)16-29/h5-6,8-9,14-16,19,22H,4,7,10-13H2,1-3H3. The highest BCUT2D eigenvalue weighted by Gasteiger charge is 2.30. The summed E-state index contributed by atoms with van der Waals surface area (Å²) in [5.41, 5.74) is 4.05. The van der Waals surface area contributed by atoms with Crippen molar-refractivity contribution < 1.29 is 9.59 Å². The summed E-state index contributed by atoms with van der Waals surface area (Å²) in [6, 6.07) is 10.2. The first-order chi connectivity index (χ1) is 14.5. The van der Waals surface area contributed by atoms with Crippen molar-refractivity contribution in [1.82, 2.24) is 9.88 Å². The summed E-state index contributed by atoms with van der Waals surface area (Å²) in [6.45, 7) is 9.23. The summed E-state index contributed by atoms with van der Waals surface area (Å²) in [7, 11) is 0. The summed E-state index contributed by atoms with van der Waals surface area (Å²) in [4.78, 5) is 35.3. The van der Waals surface area contributed by atoms with Crippen LogP contribution in [-0.2, 0) is 4.79 Å². The number of hydrogen-bond acceptors (Lipinski definition) is 5. The molecule has 0 N–H and O–H groups in total. The Kier molecular flexibility index (Phi) is 5.75. The maximum absolute atomic E-state index is 13.0. The van der Waals surface area contributed by atoms with E-state index in [2.05, 4.69) is 41.6 Å². The molecule has 1 aromatic heterocycles. The van der Waals surface area contributed by atoms with Gasteiger partial charge in [0.15, 0.2) is 0 Å². The Morgan fingerprint density at radius 2 is 1.77 bits per heavy atom. The van der Waals surface area contributed by atoms with Gasteiger partial charge in [-0.25, -0.2) is 4.98 Å². The predicted octanol–water partition coefficient (Wildman–Crippen LogP) is 3.22. The fourth-order valence-electron chi connectivity index (χ4n) is 4.72. The van der Waals surface area contributed by atoms with Crippen molar-refractivity contribution in [1.29, 1.82) is 0 Å². The SMILES string of the molecule is Cc1cnc(N2CCN(C(=O)c3ccc(N4C(C)CCC4C=O)cc3)CC2)c(C)c1. The summed E-state index contributed by atoms with van der Waals surface area (Å²) in [5, 5.41) is 0. The van der Waals surface area contributed by atoms with Crippen LogP contribution < -0.4 is 9.80 Å². The van der Waals surface area contributed by atoms with Gasteiger partial charge in [0, 0.05) is 49.7 Å². The highest BCUT2D eigenvalue weighted by Crippen LogP contribution is 2.30. The van der Waals surface area contributed by atoms with E-state index in [0.29, 0.717) is 24.7 Å². The van der Waals surface area contributed by atoms with Crippen molar-refractivity contribution in [2.24, 2.45) is 0 Å². The molecule has 6 heteroatoms. The highest BCUT2D eigenvalue weighted by molar-refractivity contribution is 5.94. The minimum atomic E-state index is -0.0616. The molecular weight excluding hydrogens is 376 g/mol. The zero-order chi connectivity index (χ0) is 21.3. The number of piperazine rings is 1. The van der Waals surface area contributed by atoms with E-state index in [-0.39, 0.29) is 11.9 Å². The Morgan fingerprint density at radius 3 is 2.40 bits per heavy atom. The van der Waals surface area contributed by atoms with E-state index < -0.39 is 0 Å². The third kappa shape index (κ3) is 3.91. The van der Waals surface area contributed by atoms with Gasteiger partial charge in [0.2, 0.25) is 0 Å². The van der Waals surface area contributed by atoms with Crippen LogP contribution in [-0.4, -0.2) is 60.3 Å². The molecule has 3 heterocycles. The Bertz CT molecular complexity index is 919. The predicted molar refractivity (Wildman–Crippen MR) is 119 cm³/mol. The summed E-state index contributed by atoms with van der Waals surface area (Å²) < 4.78 is 0. The number of pyridine rings is 1. The van der Waals surface area contributed by atoms with Gasteiger partial charge in [0.05, 0.1) is 6.04 Å². The molecule has 6 nitrogen and oxygen atoms in total. The van der Waals surface area contributed by atoms with Crippen LogP contribution in [0, 0.1) is 13.8 Å². The molecular formula is C24H30N4O2. The number of aromatic nitrogens is 1. The maximum Gasteiger partial charge on any atom is 0.253 e. The Labute approximate surface area is 178 Å². The number of amides is 1. The zero-order valence-corrected chi connectivity index (χ0v) is 18.0. The third-order valence-electron chi connectivity index (χ3n) is 6.34. The summed E-state index contributed by atoms with van der Waals surface area (Å²) in [5.74, 6) is 1.08.